The van der Waals surface area contributed by atoms with Crippen molar-refractivity contribution in [3.63, 3.8) is 0 Å². The van der Waals surface area contributed by atoms with Gasteiger partial charge in [-0.25, -0.2) is 0 Å². The second-order valence-electron chi connectivity index (χ2n) is 1.22. The predicted molar refractivity (Wildman–Crippen MR) is 48.7 cm³/mol. The maximum absolute atomic E-state index is 8.52. The summed E-state index contributed by atoms with van der Waals surface area (Å²) >= 11 is 0. The van der Waals surface area contributed by atoms with E-state index in [4.69, 9.17) is 52.6 Å². The fourth-order valence-electron chi connectivity index (χ4n) is 0. The Kier molecular flexibility index (Phi) is 36.3. The molecule has 0 rings (SSSR count). The Labute approximate surface area is 210 Å². The first-order chi connectivity index (χ1) is 6.00. The zero-order valence-corrected chi connectivity index (χ0v) is 20.8. The molecule has 0 aromatic carbocycles. The molecule has 18 heavy (non-hydrogen) atoms. The van der Waals surface area contributed by atoms with Gasteiger partial charge in [-0.3, -0.25) is 25.3 Å². The first-order valence-corrected chi connectivity index (χ1v) is 6.00. The average molecular weight is 553 g/mol. The Morgan fingerprint density at radius 3 is 0.500 bits per heavy atom. The molecule has 0 spiro atoms. The van der Waals surface area contributed by atoms with Gasteiger partial charge in [-0.1, -0.05) is 0 Å². The van der Waals surface area contributed by atoms with Crippen molar-refractivity contribution in [2.75, 3.05) is 0 Å². The van der Waals surface area contributed by atoms with Crippen molar-refractivity contribution in [1.82, 2.24) is 0 Å². The smallest absolute Gasteiger partial charge is 0.759 e. The molecule has 0 aromatic rings. The molecule has 0 aliphatic heterocycles. The van der Waals surface area contributed by atoms with Gasteiger partial charge >= 0.3 is 132 Å². The number of hydrogen-bond acceptors (Lipinski definition) is 12. The van der Waals surface area contributed by atoms with Crippen LogP contribution in [0.4, 0.5) is 0 Å². The van der Waals surface area contributed by atoms with Crippen molar-refractivity contribution in [2.24, 2.45) is 0 Å². The summed E-state index contributed by atoms with van der Waals surface area (Å²) in [5, 5.41) is 0. The molecule has 0 aliphatic rings. The Balaban J connectivity index is -0.0000000277. The third kappa shape index (κ3) is 464. The summed E-state index contributed by atoms with van der Waals surface area (Å²) in [6.45, 7) is 0. The van der Waals surface area contributed by atoms with Gasteiger partial charge < -0.3 is 27.3 Å². The van der Waals surface area contributed by atoms with E-state index in [1.54, 1.807) is 0 Å². The molecular formula is BaCaO12S3Sr. The predicted octanol–water partition coefficient (Wildman–Crippen LogP) is -5.16. The van der Waals surface area contributed by atoms with Gasteiger partial charge in [0.25, 0.3) is 0 Å². The molecule has 0 unspecified atom stereocenters. The summed E-state index contributed by atoms with van der Waals surface area (Å²) < 4.78 is 102. The topological polar surface area (TPSA) is 241 Å². The van der Waals surface area contributed by atoms with Crippen LogP contribution in [0, 0.1) is 0 Å². The molecule has 0 amide bonds. The van der Waals surface area contributed by atoms with Crippen molar-refractivity contribution in [1.29, 1.82) is 0 Å². The van der Waals surface area contributed by atoms with Crippen LogP contribution in [-0.2, 0) is 31.2 Å². The summed E-state index contributed by atoms with van der Waals surface area (Å²) in [4.78, 5) is 0. The summed E-state index contributed by atoms with van der Waals surface area (Å²) in [7, 11) is -15.5. The zero-order chi connectivity index (χ0) is 13.5. The van der Waals surface area contributed by atoms with E-state index >= 15 is 0 Å². The first-order valence-electron chi connectivity index (χ1n) is 2.00. The molecule has 0 aromatic heterocycles. The Morgan fingerprint density at radius 1 is 0.500 bits per heavy atom. The van der Waals surface area contributed by atoms with E-state index in [2.05, 4.69) is 0 Å². The van der Waals surface area contributed by atoms with E-state index in [1.165, 1.54) is 0 Å². The van der Waals surface area contributed by atoms with E-state index in [9.17, 15) is 0 Å². The van der Waals surface area contributed by atoms with Gasteiger partial charge in [0.05, 0.1) is 0 Å². The van der Waals surface area contributed by atoms with Crippen LogP contribution in [0.2, 0.25) is 0 Å². The molecular weight excluding hydrogens is 553 g/mol. The summed E-state index contributed by atoms with van der Waals surface area (Å²) in [5.41, 5.74) is 0. The molecule has 0 saturated heterocycles. The van der Waals surface area contributed by atoms with Crippen LogP contribution in [0.15, 0.2) is 0 Å². The maximum atomic E-state index is 8.52. The molecule has 12 nitrogen and oxygen atoms in total. The molecule has 0 atom stereocenters. The standard InChI is InChI=1S/Ba.Ca.3H2O4S.Sr/c;;3*1-5(2,3)4;/h;;3*(H2,1,2,3,4);/q2*+2;;;;+2/p-6. The Hall–Kier alpha value is 3.92. The van der Waals surface area contributed by atoms with Gasteiger partial charge in [0.1, 0.15) is 0 Å². The molecule has 18 heteroatoms. The van der Waals surface area contributed by atoms with Crippen LogP contribution in [0.3, 0.4) is 0 Å². The van der Waals surface area contributed by atoms with Crippen molar-refractivity contribution in [3.8, 4) is 0 Å². The molecule has 96 valence electrons. The molecule has 0 heterocycles. The monoisotopic (exact) mass is 554 g/mol. The number of hydrogen-bond donors (Lipinski definition) is 0. The van der Waals surface area contributed by atoms with Crippen LogP contribution in [0.1, 0.15) is 0 Å². The van der Waals surface area contributed by atoms with Crippen molar-refractivity contribution in [2.45, 2.75) is 0 Å². The van der Waals surface area contributed by atoms with E-state index in [0.717, 1.165) is 0 Å². The molecule has 0 aliphatic carbocycles. The number of rotatable bonds is 0. The van der Waals surface area contributed by atoms with E-state index in [0.29, 0.717) is 0 Å². The largest absolute Gasteiger partial charge is 2.00 e. The fourth-order valence-corrected chi connectivity index (χ4v) is 0. The summed E-state index contributed by atoms with van der Waals surface area (Å²) in [5.74, 6) is 0. The van der Waals surface area contributed by atoms with Crippen molar-refractivity contribution in [3.05, 3.63) is 0 Å². The second kappa shape index (κ2) is 17.3. The van der Waals surface area contributed by atoms with E-state index in [-0.39, 0.29) is 132 Å². The van der Waals surface area contributed by atoms with Gasteiger partial charge in [0.2, 0.25) is 0 Å². The van der Waals surface area contributed by atoms with Crippen molar-refractivity contribution < 1.29 is 52.6 Å². The van der Waals surface area contributed by atoms with Crippen LogP contribution in [0.5, 0.6) is 0 Å². The van der Waals surface area contributed by atoms with Gasteiger partial charge in [-0.05, 0) is 0 Å². The minimum Gasteiger partial charge on any atom is -0.759 e. The third-order valence-electron chi connectivity index (χ3n) is 0. The Morgan fingerprint density at radius 2 is 0.500 bits per heavy atom. The van der Waals surface area contributed by atoms with Crippen LogP contribution in [-0.4, -0.2) is 185 Å². The van der Waals surface area contributed by atoms with Crippen LogP contribution >= 0.6 is 0 Å². The fraction of sp³-hybridized carbons (Fsp3) is 0. The normalized spacial score (nSPS) is 9.67. The van der Waals surface area contributed by atoms with E-state index in [1.807, 2.05) is 0 Å². The average Bonchev–Trinajstić information content (AvgIpc) is 1.41. The summed E-state index contributed by atoms with van der Waals surface area (Å²) in [6, 6.07) is 0. The van der Waals surface area contributed by atoms with Crippen LogP contribution in [0.25, 0.3) is 0 Å². The van der Waals surface area contributed by atoms with Crippen molar-refractivity contribution >= 4 is 163 Å². The van der Waals surface area contributed by atoms with Crippen LogP contribution < -0.4 is 0 Å². The third-order valence-corrected chi connectivity index (χ3v) is 0. The zero-order valence-electron chi connectivity index (χ0n) is 8.25. The molecule has 0 fully saturated rings. The van der Waals surface area contributed by atoms with Gasteiger partial charge in [0.15, 0.2) is 0 Å². The molecule has 0 bridgehead atoms. The molecule has 0 saturated carbocycles. The van der Waals surface area contributed by atoms with Gasteiger partial charge in [0, 0.05) is 31.2 Å². The van der Waals surface area contributed by atoms with E-state index < -0.39 is 31.2 Å². The first kappa shape index (κ1) is 37.9. The van der Waals surface area contributed by atoms with Gasteiger partial charge in [-0.2, -0.15) is 0 Å². The summed E-state index contributed by atoms with van der Waals surface area (Å²) in [6.07, 6.45) is 0. The molecule has 0 N–H and O–H groups in total. The quantitative estimate of drug-likeness (QED) is 0.155. The maximum Gasteiger partial charge on any atom is 2.00 e. The Bertz CT molecular complexity index is 348. The molecule has 0 radical (unpaired) electrons. The minimum absolute atomic E-state index is 0. The second-order valence-corrected chi connectivity index (χ2v) is 3.67. The minimum atomic E-state index is -5.17. The van der Waals surface area contributed by atoms with Gasteiger partial charge in [-0.15, -0.1) is 0 Å². The SMILES string of the molecule is O=S(=O)([O-])[O-].O=S(=O)([O-])[O-].O=S(=O)([O-])[O-].[Ba+2].[Ca+2].[Sr+2].